The van der Waals surface area contributed by atoms with Crippen LogP contribution >= 0.6 is 11.3 Å². The lowest BCUT2D eigenvalue weighted by atomic mass is 10.3. The molecule has 0 radical (unpaired) electrons. The van der Waals surface area contributed by atoms with Gasteiger partial charge in [0.1, 0.15) is 5.01 Å². The Bertz CT molecular complexity index is 328. The zero-order valence-electron chi connectivity index (χ0n) is 6.87. The van der Waals surface area contributed by atoms with E-state index >= 15 is 0 Å². The fourth-order valence-corrected chi connectivity index (χ4v) is 1.47. The number of nitrogens with zero attached hydrogens (tertiary/aromatic N) is 1. The van der Waals surface area contributed by atoms with Crippen LogP contribution in [0.5, 0.6) is 0 Å². The number of carboxylic acids is 1. The smallest absolute Gasteiger partial charge is 0.331 e. The standard InChI is InChI=1S/C8H9NO2S/c1-5(8(10)11)3-7-9-6(2)4-12-7/h3-4H,1-2H3,(H,10,11). The molecule has 0 aliphatic rings. The molecule has 12 heavy (non-hydrogen) atoms. The van der Waals surface area contributed by atoms with E-state index < -0.39 is 5.97 Å². The van der Waals surface area contributed by atoms with Crippen LogP contribution in [0, 0.1) is 6.92 Å². The second kappa shape index (κ2) is 3.49. The molecule has 3 nitrogen and oxygen atoms in total. The van der Waals surface area contributed by atoms with Crippen molar-refractivity contribution in [1.82, 2.24) is 4.98 Å². The summed E-state index contributed by atoms with van der Waals surface area (Å²) in [7, 11) is 0. The van der Waals surface area contributed by atoms with Crippen molar-refractivity contribution in [2.45, 2.75) is 13.8 Å². The van der Waals surface area contributed by atoms with Crippen LogP contribution in [0.25, 0.3) is 6.08 Å². The Morgan fingerprint density at radius 2 is 2.42 bits per heavy atom. The van der Waals surface area contributed by atoms with Crippen molar-refractivity contribution in [2.24, 2.45) is 0 Å². The number of aliphatic carboxylic acids is 1. The van der Waals surface area contributed by atoms with Gasteiger partial charge in [-0.05, 0) is 19.9 Å². The summed E-state index contributed by atoms with van der Waals surface area (Å²) >= 11 is 1.44. The first-order valence-corrected chi connectivity index (χ1v) is 4.31. The predicted octanol–water partition coefficient (Wildman–Crippen LogP) is 1.94. The molecule has 0 atom stereocenters. The van der Waals surface area contributed by atoms with E-state index in [2.05, 4.69) is 4.98 Å². The van der Waals surface area contributed by atoms with Gasteiger partial charge in [-0.3, -0.25) is 0 Å². The van der Waals surface area contributed by atoms with E-state index in [0.717, 1.165) is 10.7 Å². The molecule has 0 bridgehead atoms. The maximum Gasteiger partial charge on any atom is 0.331 e. The second-order valence-corrected chi connectivity index (χ2v) is 3.35. The Balaban J connectivity index is 2.87. The molecular formula is C8H9NO2S. The number of thiazole rings is 1. The summed E-state index contributed by atoms with van der Waals surface area (Å²) in [6, 6.07) is 0. The number of aryl methyl sites for hydroxylation is 1. The fourth-order valence-electron chi connectivity index (χ4n) is 0.685. The Morgan fingerprint density at radius 1 is 1.75 bits per heavy atom. The lowest BCUT2D eigenvalue weighted by molar-refractivity contribution is -0.132. The van der Waals surface area contributed by atoms with E-state index in [-0.39, 0.29) is 0 Å². The minimum atomic E-state index is -0.900. The van der Waals surface area contributed by atoms with E-state index in [1.165, 1.54) is 11.3 Å². The van der Waals surface area contributed by atoms with Gasteiger partial charge in [0.05, 0.1) is 0 Å². The third-order valence-electron chi connectivity index (χ3n) is 1.31. The lowest BCUT2D eigenvalue weighted by Crippen LogP contribution is -1.95. The number of hydrogen-bond acceptors (Lipinski definition) is 3. The van der Waals surface area contributed by atoms with Crippen molar-refractivity contribution in [3.63, 3.8) is 0 Å². The van der Waals surface area contributed by atoms with Crippen LogP contribution in [0.2, 0.25) is 0 Å². The zero-order chi connectivity index (χ0) is 9.14. The van der Waals surface area contributed by atoms with E-state index in [9.17, 15) is 4.79 Å². The average molecular weight is 183 g/mol. The molecule has 0 aliphatic heterocycles. The van der Waals surface area contributed by atoms with Gasteiger partial charge in [-0.1, -0.05) is 0 Å². The molecule has 0 amide bonds. The molecular weight excluding hydrogens is 174 g/mol. The highest BCUT2D eigenvalue weighted by Crippen LogP contribution is 2.12. The van der Waals surface area contributed by atoms with Crippen molar-refractivity contribution >= 4 is 23.4 Å². The number of aromatic nitrogens is 1. The van der Waals surface area contributed by atoms with Crippen molar-refractivity contribution in [2.75, 3.05) is 0 Å². The molecule has 0 fully saturated rings. The van der Waals surface area contributed by atoms with Crippen LogP contribution < -0.4 is 0 Å². The van der Waals surface area contributed by atoms with Crippen LogP contribution in [0.3, 0.4) is 0 Å². The van der Waals surface area contributed by atoms with E-state index in [4.69, 9.17) is 5.11 Å². The van der Waals surface area contributed by atoms with Crippen molar-refractivity contribution in [1.29, 1.82) is 0 Å². The highest BCUT2D eigenvalue weighted by Gasteiger charge is 2.01. The molecule has 0 saturated heterocycles. The normalized spacial score (nSPS) is 11.7. The Morgan fingerprint density at radius 3 is 2.83 bits per heavy atom. The van der Waals surface area contributed by atoms with E-state index in [1.807, 2.05) is 12.3 Å². The van der Waals surface area contributed by atoms with Crippen LogP contribution in [-0.2, 0) is 4.79 Å². The van der Waals surface area contributed by atoms with Crippen LogP contribution in [0.1, 0.15) is 17.6 Å². The van der Waals surface area contributed by atoms with Crippen LogP contribution in [0.4, 0.5) is 0 Å². The summed E-state index contributed by atoms with van der Waals surface area (Å²) < 4.78 is 0. The largest absolute Gasteiger partial charge is 0.478 e. The SMILES string of the molecule is CC(=Cc1nc(C)cs1)C(=O)O. The van der Waals surface area contributed by atoms with Crippen LogP contribution in [0.15, 0.2) is 11.0 Å². The number of hydrogen-bond donors (Lipinski definition) is 1. The third-order valence-corrected chi connectivity index (χ3v) is 2.22. The summed E-state index contributed by atoms with van der Waals surface area (Å²) in [5.41, 5.74) is 1.23. The second-order valence-electron chi connectivity index (χ2n) is 2.46. The number of carboxylic acid groups (broad SMARTS) is 1. The Kier molecular flexibility index (Phi) is 2.60. The quantitative estimate of drug-likeness (QED) is 0.713. The molecule has 4 heteroatoms. The molecule has 0 spiro atoms. The topological polar surface area (TPSA) is 50.2 Å². The average Bonchev–Trinajstić information content (AvgIpc) is 2.35. The maximum atomic E-state index is 10.4. The maximum absolute atomic E-state index is 10.4. The third kappa shape index (κ3) is 2.17. The molecule has 1 rings (SSSR count). The van der Waals surface area contributed by atoms with Crippen molar-refractivity contribution in [3.05, 3.63) is 21.7 Å². The minimum absolute atomic E-state index is 0.310. The predicted molar refractivity (Wildman–Crippen MR) is 48.1 cm³/mol. The molecule has 1 aromatic rings. The van der Waals surface area contributed by atoms with Gasteiger partial charge < -0.3 is 5.11 Å². The summed E-state index contributed by atoms with van der Waals surface area (Å²) in [6.07, 6.45) is 1.57. The highest BCUT2D eigenvalue weighted by atomic mass is 32.1. The monoisotopic (exact) mass is 183 g/mol. The van der Waals surface area contributed by atoms with Gasteiger partial charge in [0.2, 0.25) is 0 Å². The van der Waals surface area contributed by atoms with Crippen molar-refractivity contribution < 1.29 is 9.90 Å². The summed E-state index contributed by atoms with van der Waals surface area (Å²) in [5.74, 6) is -0.900. The van der Waals surface area contributed by atoms with Gasteiger partial charge in [-0.25, -0.2) is 9.78 Å². The molecule has 0 aromatic carbocycles. The van der Waals surface area contributed by atoms with Crippen LogP contribution in [-0.4, -0.2) is 16.1 Å². The molecule has 0 saturated carbocycles. The number of rotatable bonds is 2. The molecule has 1 N–H and O–H groups in total. The summed E-state index contributed by atoms with van der Waals surface area (Å²) in [5, 5.41) is 11.2. The van der Waals surface area contributed by atoms with Gasteiger partial charge in [-0.2, -0.15) is 0 Å². The van der Waals surface area contributed by atoms with Crippen molar-refractivity contribution in [3.8, 4) is 0 Å². The summed E-state index contributed by atoms with van der Waals surface area (Å²) in [4.78, 5) is 14.5. The van der Waals surface area contributed by atoms with E-state index in [0.29, 0.717) is 5.57 Å². The minimum Gasteiger partial charge on any atom is -0.478 e. The molecule has 0 aliphatic carbocycles. The number of carbonyl (C=O) groups is 1. The molecule has 64 valence electrons. The van der Waals surface area contributed by atoms with E-state index in [1.54, 1.807) is 13.0 Å². The fraction of sp³-hybridized carbons (Fsp3) is 0.250. The molecule has 1 heterocycles. The first kappa shape index (κ1) is 8.93. The Labute approximate surface area is 74.4 Å². The summed E-state index contributed by atoms with van der Waals surface area (Å²) in [6.45, 7) is 3.43. The zero-order valence-corrected chi connectivity index (χ0v) is 7.68. The molecule has 1 aromatic heterocycles. The molecule has 0 unspecified atom stereocenters. The van der Waals surface area contributed by atoms with Gasteiger partial charge in [0.25, 0.3) is 0 Å². The lowest BCUT2D eigenvalue weighted by Gasteiger charge is -1.88. The Hall–Kier alpha value is -1.16. The first-order chi connectivity index (χ1) is 5.59. The first-order valence-electron chi connectivity index (χ1n) is 3.43. The van der Waals surface area contributed by atoms with Gasteiger partial charge in [0.15, 0.2) is 0 Å². The van der Waals surface area contributed by atoms with Gasteiger partial charge in [-0.15, -0.1) is 11.3 Å². The van der Waals surface area contributed by atoms with Gasteiger partial charge in [0, 0.05) is 16.6 Å². The highest BCUT2D eigenvalue weighted by molar-refractivity contribution is 7.10. The van der Waals surface area contributed by atoms with Gasteiger partial charge >= 0.3 is 5.97 Å².